The number of unbranched alkanes of at least 4 members (excludes halogenated alkanes) is 22. The van der Waals surface area contributed by atoms with Gasteiger partial charge in [0.1, 0.15) is 0 Å². The summed E-state index contributed by atoms with van der Waals surface area (Å²) in [5.41, 5.74) is 4.43. The average molecular weight is 601 g/mol. The van der Waals surface area contributed by atoms with Crippen LogP contribution < -0.4 is 0 Å². The molecule has 0 saturated heterocycles. The fourth-order valence-corrected chi connectivity index (χ4v) is 6.09. The van der Waals surface area contributed by atoms with Crippen LogP contribution in [0.4, 0.5) is 11.4 Å². The van der Waals surface area contributed by atoms with Crippen LogP contribution in [0, 0.1) is 0 Å². The van der Waals surface area contributed by atoms with E-state index in [0.717, 1.165) is 30.6 Å². The Hall–Kier alpha value is -2.22. The van der Waals surface area contributed by atoms with Crippen molar-refractivity contribution in [1.82, 2.24) is 0 Å². The fourth-order valence-electron chi connectivity index (χ4n) is 6.09. The molecule has 0 radical (unpaired) electrons. The fraction of sp³-hybridized carbons (Fsp3) is 0.667. The van der Waals surface area contributed by atoms with Gasteiger partial charge in [0.15, 0.2) is 0 Å². The van der Waals surface area contributed by atoms with Crippen LogP contribution in [0.25, 0.3) is 0 Å². The Kier molecular flexibility index (Phi) is 24.4. The van der Waals surface area contributed by atoms with E-state index in [2.05, 4.69) is 74.5 Å². The first-order valence-electron chi connectivity index (χ1n) is 19.1. The number of hydrogen-bond donors (Lipinski definition) is 0. The lowest BCUT2D eigenvalue weighted by molar-refractivity contribution is 0.519. The first-order chi connectivity index (χ1) is 21.8. The Bertz CT molecular complexity index is 946. The molecule has 246 valence electrons. The second-order valence-corrected chi connectivity index (χ2v) is 13.1. The maximum Gasteiger partial charge on any atom is 0.0633 e. The molecule has 2 heteroatoms. The highest BCUT2D eigenvalue weighted by Crippen LogP contribution is 2.20. The van der Waals surface area contributed by atoms with Crippen LogP contribution in [0.1, 0.15) is 181 Å². The van der Waals surface area contributed by atoms with Gasteiger partial charge in [-0.05, 0) is 49.9 Å². The molecule has 0 aliphatic rings. The molecule has 2 aromatic rings. The number of para-hydroxylation sites is 2. The number of aliphatic imine (C=N–C) groups is 2. The Morgan fingerprint density at radius 3 is 0.932 bits per heavy atom. The molecule has 0 aliphatic heterocycles. The van der Waals surface area contributed by atoms with E-state index in [0.29, 0.717) is 0 Å². The highest BCUT2D eigenvalue weighted by Gasteiger charge is 2.10. The van der Waals surface area contributed by atoms with Crippen LogP contribution in [0.15, 0.2) is 70.6 Å². The van der Waals surface area contributed by atoms with E-state index in [9.17, 15) is 0 Å². The zero-order valence-corrected chi connectivity index (χ0v) is 29.1. The average Bonchev–Trinajstić information content (AvgIpc) is 3.06. The lowest BCUT2D eigenvalue weighted by Gasteiger charge is -2.11. The van der Waals surface area contributed by atoms with Gasteiger partial charge < -0.3 is 0 Å². The summed E-state index contributed by atoms with van der Waals surface area (Å²) in [4.78, 5) is 10.2. The first kappa shape index (κ1) is 38.0. The topological polar surface area (TPSA) is 24.7 Å². The molecule has 0 saturated carbocycles. The number of hydrogen-bond acceptors (Lipinski definition) is 2. The van der Waals surface area contributed by atoms with E-state index in [1.54, 1.807) is 0 Å². The third-order valence-electron chi connectivity index (χ3n) is 8.91. The quantitative estimate of drug-likeness (QED) is 0.0655. The Morgan fingerprint density at radius 2 is 0.614 bits per heavy atom. The standard InChI is InChI=1S/C42H68N2/c1-3-5-7-8-9-10-11-12-13-14-15-16-17-18-19-20-21-22-23-24-25-32-38-42(44-40-35-30-27-31-36-40)41(37-6-4-2)43-39-33-28-26-29-34-39/h26-31,33-36H,3-25,32,37-38H2,1-2H3. The van der Waals surface area contributed by atoms with Crippen molar-refractivity contribution < 1.29 is 0 Å². The van der Waals surface area contributed by atoms with E-state index in [-0.39, 0.29) is 0 Å². The maximum atomic E-state index is 5.12. The van der Waals surface area contributed by atoms with E-state index in [4.69, 9.17) is 9.98 Å². The van der Waals surface area contributed by atoms with Crippen molar-refractivity contribution >= 4 is 22.8 Å². The highest BCUT2D eigenvalue weighted by molar-refractivity contribution is 6.43. The molecule has 44 heavy (non-hydrogen) atoms. The number of benzene rings is 2. The predicted molar refractivity (Wildman–Crippen MR) is 198 cm³/mol. The molecular formula is C42H68N2. The second kappa shape index (κ2) is 28.3. The summed E-state index contributed by atoms with van der Waals surface area (Å²) in [5.74, 6) is 0. The molecule has 0 spiro atoms. The molecule has 0 amide bonds. The number of nitrogens with zero attached hydrogens (tertiary/aromatic N) is 2. The normalized spacial score (nSPS) is 12.2. The van der Waals surface area contributed by atoms with Crippen LogP contribution >= 0.6 is 0 Å². The predicted octanol–water partition coefficient (Wildman–Crippen LogP) is 14.7. The van der Waals surface area contributed by atoms with Gasteiger partial charge in [-0.1, -0.05) is 192 Å². The Morgan fingerprint density at radius 1 is 0.341 bits per heavy atom. The summed E-state index contributed by atoms with van der Waals surface area (Å²) in [6.45, 7) is 4.56. The van der Waals surface area contributed by atoms with Crippen molar-refractivity contribution in [3.8, 4) is 0 Å². The van der Waals surface area contributed by atoms with E-state index in [1.165, 1.54) is 159 Å². The van der Waals surface area contributed by atoms with Gasteiger partial charge in [-0.3, -0.25) is 9.98 Å². The highest BCUT2D eigenvalue weighted by atomic mass is 14.8. The third kappa shape index (κ3) is 20.7. The third-order valence-corrected chi connectivity index (χ3v) is 8.91. The van der Waals surface area contributed by atoms with Crippen molar-refractivity contribution in [3.05, 3.63) is 60.7 Å². The largest absolute Gasteiger partial charge is 0.252 e. The van der Waals surface area contributed by atoms with Crippen molar-refractivity contribution in [3.63, 3.8) is 0 Å². The monoisotopic (exact) mass is 601 g/mol. The summed E-state index contributed by atoms with van der Waals surface area (Å²) >= 11 is 0. The molecule has 2 aromatic carbocycles. The van der Waals surface area contributed by atoms with Gasteiger partial charge in [-0.2, -0.15) is 0 Å². The molecule has 0 aliphatic carbocycles. The summed E-state index contributed by atoms with van der Waals surface area (Å²) in [6, 6.07) is 20.9. The summed E-state index contributed by atoms with van der Waals surface area (Å²) in [7, 11) is 0. The molecule has 0 heterocycles. The van der Waals surface area contributed by atoms with Crippen molar-refractivity contribution in [1.29, 1.82) is 0 Å². The summed E-state index contributed by atoms with van der Waals surface area (Å²) in [6.07, 6.45) is 35.6. The number of rotatable bonds is 29. The van der Waals surface area contributed by atoms with Crippen LogP contribution in [-0.4, -0.2) is 11.4 Å². The molecule has 0 aromatic heterocycles. The Balaban J connectivity index is 1.53. The Labute approximate surface area is 273 Å². The second-order valence-electron chi connectivity index (χ2n) is 13.1. The molecule has 2 rings (SSSR count). The van der Waals surface area contributed by atoms with Gasteiger partial charge in [-0.25, -0.2) is 0 Å². The van der Waals surface area contributed by atoms with Gasteiger partial charge in [0, 0.05) is 0 Å². The first-order valence-corrected chi connectivity index (χ1v) is 19.1. The summed E-state index contributed by atoms with van der Waals surface area (Å²) in [5, 5.41) is 0. The minimum absolute atomic E-state index is 0.996. The lowest BCUT2D eigenvalue weighted by atomic mass is 10.0. The minimum Gasteiger partial charge on any atom is -0.252 e. The molecule has 0 bridgehead atoms. The SMILES string of the molecule is CCCCCCCCCCCCCCCCCCCCCCCCC(=Nc1ccccc1)C(CCCC)=Nc1ccccc1. The lowest BCUT2D eigenvalue weighted by Crippen LogP contribution is -2.14. The molecular weight excluding hydrogens is 532 g/mol. The van der Waals surface area contributed by atoms with Crippen LogP contribution in [-0.2, 0) is 0 Å². The molecule has 0 fully saturated rings. The van der Waals surface area contributed by atoms with E-state index < -0.39 is 0 Å². The van der Waals surface area contributed by atoms with Crippen molar-refractivity contribution in [2.24, 2.45) is 9.98 Å². The van der Waals surface area contributed by atoms with Crippen LogP contribution in [0.3, 0.4) is 0 Å². The maximum absolute atomic E-state index is 5.12. The van der Waals surface area contributed by atoms with Crippen molar-refractivity contribution in [2.75, 3.05) is 0 Å². The van der Waals surface area contributed by atoms with Crippen molar-refractivity contribution in [2.45, 2.75) is 181 Å². The molecule has 0 unspecified atom stereocenters. The van der Waals surface area contributed by atoms with Gasteiger partial charge >= 0.3 is 0 Å². The van der Waals surface area contributed by atoms with Crippen LogP contribution in [0.5, 0.6) is 0 Å². The zero-order chi connectivity index (χ0) is 31.2. The minimum atomic E-state index is 0.996. The smallest absolute Gasteiger partial charge is 0.0633 e. The van der Waals surface area contributed by atoms with Gasteiger partial charge in [-0.15, -0.1) is 0 Å². The zero-order valence-electron chi connectivity index (χ0n) is 29.1. The molecule has 0 atom stereocenters. The van der Waals surface area contributed by atoms with Gasteiger partial charge in [0.05, 0.1) is 22.8 Å². The summed E-state index contributed by atoms with van der Waals surface area (Å²) < 4.78 is 0. The molecule has 2 nitrogen and oxygen atoms in total. The molecule has 0 N–H and O–H groups in total. The van der Waals surface area contributed by atoms with Crippen LogP contribution in [0.2, 0.25) is 0 Å². The van der Waals surface area contributed by atoms with Gasteiger partial charge in [0.25, 0.3) is 0 Å². The van der Waals surface area contributed by atoms with E-state index in [1.807, 2.05) is 0 Å². The van der Waals surface area contributed by atoms with E-state index >= 15 is 0 Å². The van der Waals surface area contributed by atoms with Gasteiger partial charge in [0.2, 0.25) is 0 Å².